The Morgan fingerprint density at radius 2 is 2.63 bits per heavy atom. The molecule has 0 radical (unpaired) electrons. The number of hydrogen-bond acceptors (Lipinski definition) is 7. The molecule has 1 unspecified atom stereocenters. The van der Waals surface area contributed by atoms with Crippen LogP contribution in [0.3, 0.4) is 0 Å². The van der Waals surface area contributed by atoms with Crippen LogP contribution in [0.4, 0.5) is 5.13 Å². The topological polar surface area (TPSA) is 89.7 Å². The van der Waals surface area contributed by atoms with Crippen molar-refractivity contribution < 1.29 is 14.3 Å². The Bertz CT molecular complexity index is 426. The van der Waals surface area contributed by atoms with E-state index in [0.29, 0.717) is 18.9 Å². The van der Waals surface area contributed by atoms with Gasteiger partial charge < -0.3 is 14.4 Å². The molecule has 106 valence electrons. The molecule has 2 heterocycles. The number of morpholine rings is 1. The summed E-state index contributed by atoms with van der Waals surface area (Å²) >= 11 is 1.44. The third-order valence-corrected chi connectivity index (χ3v) is 3.81. The van der Waals surface area contributed by atoms with Crippen molar-refractivity contribution >= 4 is 22.4 Å². The Morgan fingerprint density at radius 1 is 1.79 bits per heavy atom. The molecule has 1 amide bonds. The van der Waals surface area contributed by atoms with E-state index in [1.807, 2.05) is 0 Å². The molecule has 0 aliphatic carbocycles. The van der Waals surface area contributed by atoms with Gasteiger partial charge in [-0.1, -0.05) is 0 Å². The highest BCUT2D eigenvalue weighted by Gasteiger charge is 2.23. The third-order valence-electron chi connectivity index (χ3n) is 2.91. The normalized spacial score (nSPS) is 19.5. The van der Waals surface area contributed by atoms with Crippen LogP contribution in [0.2, 0.25) is 0 Å². The predicted octanol–water partition coefficient (Wildman–Crippen LogP) is -0.0117. The van der Waals surface area contributed by atoms with Gasteiger partial charge in [0.25, 0.3) is 5.91 Å². The summed E-state index contributed by atoms with van der Waals surface area (Å²) in [6, 6.07) is 0. The molecule has 0 saturated carbocycles. The molecule has 1 atom stereocenters. The average Bonchev–Trinajstić information content (AvgIpc) is 2.94. The van der Waals surface area contributed by atoms with E-state index >= 15 is 0 Å². The van der Waals surface area contributed by atoms with Gasteiger partial charge in [-0.25, -0.2) is 10.8 Å². The highest BCUT2D eigenvalue weighted by molar-refractivity contribution is 7.13. The van der Waals surface area contributed by atoms with Gasteiger partial charge in [0, 0.05) is 32.2 Å². The van der Waals surface area contributed by atoms with Gasteiger partial charge in [-0.2, -0.15) is 0 Å². The fraction of sp³-hybridized carbons (Fsp3) is 0.636. The van der Waals surface area contributed by atoms with Crippen LogP contribution < -0.4 is 16.2 Å². The molecule has 1 fully saturated rings. The largest absolute Gasteiger partial charge is 0.385 e. The second kappa shape index (κ2) is 6.80. The lowest BCUT2D eigenvalue weighted by molar-refractivity contribution is 0.0191. The monoisotopic (exact) mass is 286 g/mol. The van der Waals surface area contributed by atoms with E-state index in [2.05, 4.69) is 15.3 Å². The number of nitrogens with zero attached hydrogens (tertiary/aromatic N) is 2. The Balaban J connectivity index is 1.97. The number of methoxy groups -OCH3 is 1. The van der Waals surface area contributed by atoms with Crippen LogP contribution in [0.15, 0.2) is 5.38 Å². The van der Waals surface area contributed by atoms with Crippen molar-refractivity contribution in [1.29, 1.82) is 0 Å². The molecular weight excluding hydrogens is 268 g/mol. The lowest BCUT2D eigenvalue weighted by atomic mass is 10.2. The van der Waals surface area contributed by atoms with Gasteiger partial charge in [0.05, 0.1) is 12.7 Å². The van der Waals surface area contributed by atoms with Gasteiger partial charge in [-0.05, 0) is 6.42 Å². The number of nitrogens with two attached hydrogens (primary N) is 1. The molecule has 7 nitrogen and oxygen atoms in total. The van der Waals surface area contributed by atoms with Gasteiger partial charge in [0.15, 0.2) is 5.13 Å². The van der Waals surface area contributed by atoms with E-state index in [9.17, 15) is 4.79 Å². The second-order valence-corrected chi connectivity index (χ2v) is 5.05. The van der Waals surface area contributed by atoms with E-state index in [4.69, 9.17) is 15.3 Å². The summed E-state index contributed by atoms with van der Waals surface area (Å²) in [6.07, 6.45) is 0.999. The highest BCUT2D eigenvalue weighted by Crippen LogP contribution is 2.23. The summed E-state index contributed by atoms with van der Waals surface area (Å²) < 4.78 is 10.7. The molecule has 2 rings (SSSR count). The summed E-state index contributed by atoms with van der Waals surface area (Å²) in [7, 11) is 1.68. The number of nitrogens with one attached hydrogen (secondary N) is 1. The Morgan fingerprint density at radius 3 is 3.37 bits per heavy atom. The maximum atomic E-state index is 11.4. The molecule has 0 bridgehead atoms. The molecule has 3 N–H and O–H groups in total. The van der Waals surface area contributed by atoms with Crippen LogP contribution >= 0.6 is 11.3 Å². The minimum atomic E-state index is -0.369. The maximum Gasteiger partial charge on any atom is 0.284 e. The van der Waals surface area contributed by atoms with Crippen LogP contribution in [-0.4, -0.2) is 50.4 Å². The third kappa shape index (κ3) is 3.63. The highest BCUT2D eigenvalue weighted by atomic mass is 32.1. The first-order valence-corrected chi connectivity index (χ1v) is 6.94. The lowest BCUT2D eigenvalue weighted by Crippen LogP contribution is -2.43. The SMILES string of the molecule is COCCC1CN(c2nc(C(=O)NN)cs2)CCO1. The van der Waals surface area contributed by atoms with Crippen molar-refractivity contribution in [2.24, 2.45) is 5.84 Å². The molecule has 1 aliphatic heterocycles. The molecule has 1 saturated heterocycles. The van der Waals surface area contributed by atoms with E-state index in [-0.39, 0.29) is 12.0 Å². The lowest BCUT2D eigenvalue weighted by Gasteiger charge is -2.32. The minimum Gasteiger partial charge on any atom is -0.385 e. The van der Waals surface area contributed by atoms with Gasteiger partial charge >= 0.3 is 0 Å². The molecular formula is C11H18N4O3S. The fourth-order valence-electron chi connectivity index (χ4n) is 1.90. The fourth-order valence-corrected chi connectivity index (χ4v) is 2.75. The summed E-state index contributed by atoms with van der Waals surface area (Å²) in [5, 5.41) is 2.53. The number of thiazole rings is 1. The number of hydrazine groups is 1. The molecule has 1 aromatic heterocycles. The molecule has 1 aliphatic rings. The minimum absolute atomic E-state index is 0.143. The van der Waals surface area contributed by atoms with E-state index < -0.39 is 0 Å². The van der Waals surface area contributed by atoms with Gasteiger partial charge in [0.1, 0.15) is 5.69 Å². The first-order valence-electron chi connectivity index (χ1n) is 6.06. The summed E-state index contributed by atoms with van der Waals surface area (Å²) in [5.41, 5.74) is 2.43. The molecule has 0 spiro atoms. The zero-order valence-electron chi connectivity index (χ0n) is 10.8. The van der Waals surface area contributed by atoms with Crippen LogP contribution in [0.25, 0.3) is 0 Å². The van der Waals surface area contributed by atoms with E-state index in [1.54, 1.807) is 12.5 Å². The van der Waals surface area contributed by atoms with E-state index in [1.165, 1.54) is 11.3 Å². The number of ether oxygens (including phenoxy) is 2. The van der Waals surface area contributed by atoms with Crippen molar-refractivity contribution in [2.75, 3.05) is 38.3 Å². The average molecular weight is 286 g/mol. The molecule has 1 aromatic rings. The Labute approximate surface area is 115 Å². The zero-order valence-corrected chi connectivity index (χ0v) is 11.6. The zero-order chi connectivity index (χ0) is 13.7. The quantitative estimate of drug-likeness (QED) is 0.449. The van der Waals surface area contributed by atoms with Crippen LogP contribution in [0.1, 0.15) is 16.9 Å². The smallest absolute Gasteiger partial charge is 0.284 e. The predicted molar refractivity (Wildman–Crippen MR) is 72.2 cm³/mol. The van der Waals surface area contributed by atoms with Crippen LogP contribution in [0.5, 0.6) is 0 Å². The Hall–Kier alpha value is -1.22. The molecule has 8 heteroatoms. The van der Waals surface area contributed by atoms with Crippen molar-refractivity contribution in [3.63, 3.8) is 0 Å². The van der Waals surface area contributed by atoms with Crippen LogP contribution in [-0.2, 0) is 9.47 Å². The number of anilines is 1. The van der Waals surface area contributed by atoms with E-state index in [0.717, 1.165) is 24.6 Å². The number of hydrogen-bond donors (Lipinski definition) is 2. The van der Waals surface area contributed by atoms with Gasteiger partial charge in [-0.3, -0.25) is 10.2 Å². The number of carbonyl (C=O) groups is 1. The summed E-state index contributed by atoms with van der Waals surface area (Å²) in [6.45, 7) is 2.88. The number of rotatable bonds is 5. The molecule has 19 heavy (non-hydrogen) atoms. The number of nitrogen functional groups attached to an aromatic ring is 1. The van der Waals surface area contributed by atoms with Crippen LogP contribution in [0, 0.1) is 0 Å². The number of aromatic nitrogens is 1. The first kappa shape index (κ1) is 14.2. The first-order chi connectivity index (χ1) is 9.24. The van der Waals surface area contributed by atoms with Gasteiger partial charge in [-0.15, -0.1) is 11.3 Å². The van der Waals surface area contributed by atoms with Gasteiger partial charge in [0.2, 0.25) is 0 Å². The molecule has 0 aromatic carbocycles. The van der Waals surface area contributed by atoms with Crippen molar-refractivity contribution in [2.45, 2.75) is 12.5 Å². The van der Waals surface area contributed by atoms with Crippen molar-refractivity contribution in [3.05, 3.63) is 11.1 Å². The maximum absolute atomic E-state index is 11.4. The Kier molecular flexibility index (Phi) is 5.08. The summed E-state index contributed by atoms with van der Waals surface area (Å²) in [4.78, 5) is 17.8. The van der Waals surface area contributed by atoms with Crippen molar-refractivity contribution in [1.82, 2.24) is 10.4 Å². The standard InChI is InChI=1S/C11H18N4O3S/c1-17-4-2-8-6-15(3-5-18-8)11-13-9(7-19-11)10(16)14-12/h7-8H,2-6,12H2,1H3,(H,14,16). The number of amides is 1. The summed E-state index contributed by atoms with van der Waals surface area (Å²) in [5.74, 6) is 4.72. The number of carbonyl (C=O) groups excluding carboxylic acids is 1. The van der Waals surface area contributed by atoms with Crippen molar-refractivity contribution in [3.8, 4) is 0 Å². The second-order valence-electron chi connectivity index (χ2n) is 4.21.